The Morgan fingerprint density at radius 3 is 2.14 bits per heavy atom. The summed E-state index contributed by atoms with van der Waals surface area (Å²) in [4.78, 5) is 14.3. The number of amides is 2. The maximum atomic E-state index is 12.7. The lowest BCUT2D eigenvalue weighted by molar-refractivity contribution is 0.113. The summed E-state index contributed by atoms with van der Waals surface area (Å²) in [5.74, 6) is 0. The van der Waals surface area contributed by atoms with Gasteiger partial charge in [0.1, 0.15) is 0 Å². The van der Waals surface area contributed by atoms with Crippen LogP contribution in [0.1, 0.15) is 53.1 Å². The third kappa shape index (κ3) is 5.34. The molecule has 0 saturated heterocycles. The van der Waals surface area contributed by atoms with Gasteiger partial charge in [-0.3, -0.25) is 0 Å². The van der Waals surface area contributed by atoms with E-state index in [4.69, 9.17) is 0 Å². The fraction of sp³-hybridized carbons (Fsp3) is 0.611. The number of aliphatic hydroxyl groups excluding tert-OH is 1. The maximum absolute atomic E-state index is 12.7. The lowest BCUT2D eigenvalue weighted by Crippen LogP contribution is -2.49. The molecule has 4 heteroatoms. The molecule has 2 unspecified atom stereocenters. The van der Waals surface area contributed by atoms with Crippen LogP contribution >= 0.6 is 0 Å². The topological polar surface area (TPSA) is 52.6 Å². The molecule has 0 bridgehead atoms. The summed E-state index contributed by atoms with van der Waals surface area (Å²) < 4.78 is 0. The summed E-state index contributed by atoms with van der Waals surface area (Å²) >= 11 is 0. The normalized spacial score (nSPS) is 14.5. The molecule has 0 aliphatic carbocycles. The second kappa shape index (κ2) is 7.63. The van der Waals surface area contributed by atoms with Crippen LogP contribution in [0.2, 0.25) is 0 Å². The van der Waals surface area contributed by atoms with Crippen molar-refractivity contribution in [3.05, 3.63) is 35.9 Å². The number of hydrogen-bond acceptors (Lipinski definition) is 2. The number of aliphatic hydroxyl groups is 1. The fourth-order valence-electron chi connectivity index (χ4n) is 2.46. The minimum Gasteiger partial charge on any atom is -0.392 e. The van der Waals surface area contributed by atoms with Crippen molar-refractivity contribution < 1.29 is 9.90 Å². The first kappa shape index (κ1) is 18.5. The quantitative estimate of drug-likeness (QED) is 0.873. The SMILES string of the molecule is CC(O)CN(C(=O)NC(c1ccccc1)C(C)(C)C)C(C)C. The summed E-state index contributed by atoms with van der Waals surface area (Å²) in [6.45, 7) is 12.3. The molecule has 0 aromatic heterocycles. The Bertz CT molecular complexity index is 464. The molecule has 0 heterocycles. The Balaban J connectivity index is 2.96. The molecule has 22 heavy (non-hydrogen) atoms. The Hall–Kier alpha value is -1.55. The van der Waals surface area contributed by atoms with E-state index in [-0.39, 0.29) is 23.5 Å². The summed E-state index contributed by atoms with van der Waals surface area (Å²) in [6, 6.07) is 9.81. The number of rotatable bonds is 5. The number of carbonyl (C=O) groups is 1. The van der Waals surface area contributed by atoms with Crippen molar-refractivity contribution >= 4 is 6.03 Å². The average molecular weight is 306 g/mol. The predicted octanol–water partition coefficient (Wildman–Crippen LogP) is 3.57. The zero-order valence-corrected chi connectivity index (χ0v) is 14.6. The zero-order valence-electron chi connectivity index (χ0n) is 14.6. The van der Waals surface area contributed by atoms with Crippen molar-refractivity contribution in [3.8, 4) is 0 Å². The third-order valence-electron chi connectivity index (χ3n) is 3.61. The summed E-state index contributed by atoms with van der Waals surface area (Å²) in [5, 5.41) is 12.7. The van der Waals surface area contributed by atoms with Crippen LogP contribution in [0.15, 0.2) is 30.3 Å². The van der Waals surface area contributed by atoms with Gasteiger partial charge in [0.25, 0.3) is 0 Å². The first-order valence-electron chi connectivity index (χ1n) is 7.93. The molecule has 1 rings (SSSR count). The van der Waals surface area contributed by atoms with Crippen LogP contribution in [0.3, 0.4) is 0 Å². The largest absolute Gasteiger partial charge is 0.392 e. The van der Waals surface area contributed by atoms with Crippen molar-refractivity contribution in [3.63, 3.8) is 0 Å². The lowest BCUT2D eigenvalue weighted by atomic mass is 9.82. The zero-order chi connectivity index (χ0) is 16.9. The van der Waals surface area contributed by atoms with Crippen LogP contribution in [0.25, 0.3) is 0 Å². The predicted molar refractivity (Wildman–Crippen MR) is 90.7 cm³/mol. The third-order valence-corrected chi connectivity index (χ3v) is 3.61. The highest BCUT2D eigenvalue weighted by molar-refractivity contribution is 5.75. The fourth-order valence-corrected chi connectivity index (χ4v) is 2.46. The molecule has 0 radical (unpaired) electrons. The number of hydrogen-bond donors (Lipinski definition) is 2. The van der Waals surface area contributed by atoms with Crippen LogP contribution in [0.5, 0.6) is 0 Å². The van der Waals surface area contributed by atoms with Gasteiger partial charge < -0.3 is 15.3 Å². The van der Waals surface area contributed by atoms with Crippen molar-refractivity contribution in [2.24, 2.45) is 5.41 Å². The van der Waals surface area contributed by atoms with E-state index in [1.165, 1.54) is 0 Å². The van der Waals surface area contributed by atoms with Gasteiger partial charge in [-0.05, 0) is 31.7 Å². The Labute approximate surface area is 134 Å². The number of nitrogens with zero attached hydrogens (tertiary/aromatic N) is 1. The molecular weight excluding hydrogens is 276 g/mol. The second-order valence-corrected chi connectivity index (χ2v) is 7.25. The van der Waals surface area contributed by atoms with E-state index in [0.717, 1.165) is 5.56 Å². The van der Waals surface area contributed by atoms with Gasteiger partial charge in [-0.25, -0.2) is 4.79 Å². The lowest BCUT2D eigenvalue weighted by Gasteiger charge is -2.36. The van der Waals surface area contributed by atoms with Gasteiger partial charge in [-0.15, -0.1) is 0 Å². The minimum absolute atomic E-state index is 0.0333. The second-order valence-electron chi connectivity index (χ2n) is 7.25. The molecule has 2 N–H and O–H groups in total. The van der Waals surface area contributed by atoms with E-state index in [2.05, 4.69) is 26.1 Å². The summed E-state index contributed by atoms with van der Waals surface area (Å²) in [6.07, 6.45) is -0.544. The van der Waals surface area contributed by atoms with Gasteiger partial charge in [0.15, 0.2) is 0 Å². The van der Waals surface area contributed by atoms with Gasteiger partial charge in [0.2, 0.25) is 0 Å². The van der Waals surface area contributed by atoms with Gasteiger partial charge in [-0.2, -0.15) is 0 Å². The summed E-state index contributed by atoms with van der Waals surface area (Å²) in [5.41, 5.74) is 0.980. The first-order chi connectivity index (χ1) is 10.1. The van der Waals surface area contributed by atoms with Crippen molar-refractivity contribution in [1.82, 2.24) is 10.2 Å². The van der Waals surface area contributed by atoms with Gasteiger partial charge in [-0.1, -0.05) is 51.1 Å². The van der Waals surface area contributed by atoms with Crippen molar-refractivity contribution in [2.45, 2.75) is 59.7 Å². The van der Waals surface area contributed by atoms with Crippen LogP contribution in [0.4, 0.5) is 4.79 Å². The highest BCUT2D eigenvalue weighted by atomic mass is 16.3. The van der Waals surface area contributed by atoms with E-state index in [9.17, 15) is 9.90 Å². The van der Waals surface area contributed by atoms with Gasteiger partial charge in [0, 0.05) is 12.6 Å². The molecule has 124 valence electrons. The number of nitrogens with one attached hydrogen (secondary N) is 1. The number of carbonyl (C=O) groups excluding carboxylic acids is 1. The van der Waals surface area contributed by atoms with E-state index in [1.54, 1.807) is 11.8 Å². The Morgan fingerprint density at radius 2 is 1.73 bits per heavy atom. The summed E-state index contributed by atoms with van der Waals surface area (Å²) in [7, 11) is 0. The van der Waals surface area contributed by atoms with Crippen LogP contribution in [0, 0.1) is 5.41 Å². The first-order valence-corrected chi connectivity index (χ1v) is 7.93. The van der Waals surface area contributed by atoms with Crippen molar-refractivity contribution in [2.75, 3.05) is 6.54 Å². The Kier molecular flexibility index (Phi) is 6.42. The smallest absolute Gasteiger partial charge is 0.318 e. The molecule has 0 saturated carbocycles. The maximum Gasteiger partial charge on any atom is 0.318 e. The van der Waals surface area contributed by atoms with E-state index >= 15 is 0 Å². The van der Waals surface area contributed by atoms with Crippen LogP contribution in [-0.4, -0.2) is 34.7 Å². The average Bonchev–Trinajstić information content (AvgIpc) is 2.41. The molecule has 0 aliphatic rings. The standard InChI is InChI=1S/C18H30N2O2/c1-13(2)20(12-14(3)21)17(22)19-16(18(4,5)6)15-10-8-7-9-11-15/h7-11,13-14,16,21H,12H2,1-6H3,(H,19,22). The molecule has 2 atom stereocenters. The highest BCUT2D eigenvalue weighted by Crippen LogP contribution is 2.32. The minimum atomic E-state index is -0.544. The molecule has 2 amide bonds. The Morgan fingerprint density at radius 1 is 1.18 bits per heavy atom. The van der Waals surface area contributed by atoms with Crippen molar-refractivity contribution in [1.29, 1.82) is 0 Å². The van der Waals surface area contributed by atoms with Gasteiger partial charge >= 0.3 is 6.03 Å². The molecule has 0 aliphatic heterocycles. The highest BCUT2D eigenvalue weighted by Gasteiger charge is 2.30. The van der Waals surface area contributed by atoms with Crippen LogP contribution in [-0.2, 0) is 0 Å². The number of urea groups is 1. The van der Waals surface area contributed by atoms with E-state index < -0.39 is 6.10 Å². The molecule has 1 aromatic rings. The number of benzene rings is 1. The monoisotopic (exact) mass is 306 g/mol. The molecule has 0 fully saturated rings. The molecule has 4 nitrogen and oxygen atoms in total. The van der Waals surface area contributed by atoms with E-state index in [0.29, 0.717) is 6.54 Å². The molecule has 1 aromatic carbocycles. The molecule has 0 spiro atoms. The molecular formula is C18H30N2O2. The van der Waals surface area contributed by atoms with Crippen LogP contribution < -0.4 is 5.32 Å². The van der Waals surface area contributed by atoms with E-state index in [1.807, 2.05) is 44.2 Å². The van der Waals surface area contributed by atoms with Gasteiger partial charge in [0.05, 0.1) is 12.1 Å².